The lowest BCUT2D eigenvalue weighted by Gasteiger charge is -2.17. The molecule has 0 aliphatic heterocycles. The molecule has 1 unspecified atom stereocenters. The van der Waals surface area contributed by atoms with Gasteiger partial charge in [-0.05, 0) is 17.9 Å². The molecule has 0 radical (unpaired) electrons. The van der Waals surface area contributed by atoms with Crippen LogP contribution < -0.4 is 9.44 Å². The van der Waals surface area contributed by atoms with Crippen molar-refractivity contribution in [2.75, 3.05) is 0 Å². The monoisotopic (exact) mass is 300 g/mol. The molecule has 0 saturated carbocycles. The van der Waals surface area contributed by atoms with Crippen LogP contribution in [0.1, 0.15) is 25.8 Å². The van der Waals surface area contributed by atoms with Crippen molar-refractivity contribution < 1.29 is 18.3 Å². The number of benzene rings is 1. The summed E-state index contributed by atoms with van der Waals surface area (Å²) >= 11 is 0. The third-order valence-electron chi connectivity index (χ3n) is 2.61. The molecule has 0 fully saturated rings. The topological polar surface area (TPSA) is 95.5 Å². The van der Waals surface area contributed by atoms with Gasteiger partial charge in [0.05, 0.1) is 0 Å². The van der Waals surface area contributed by atoms with Crippen molar-refractivity contribution in [1.29, 1.82) is 0 Å². The fourth-order valence-electron chi connectivity index (χ4n) is 1.67. The van der Waals surface area contributed by atoms with Crippen molar-refractivity contribution in [3.05, 3.63) is 35.9 Å². The van der Waals surface area contributed by atoms with Gasteiger partial charge in [0.2, 0.25) is 0 Å². The molecule has 1 aromatic carbocycles. The van der Waals surface area contributed by atoms with Gasteiger partial charge in [0.15, 0.2) is 0 Å². The molecule has 7 heteroatoms. The Kier molecular flexibility index (Phi) is 6.12. The van der Waals surface area contributed by atoms with Gasteiger partial charge < -0.3 is 5.11 Å². The van der Waals surface area contributed by atoms with Gasteiger partial charge in [0.25, 0.3) is 10.2 Å². The highest BCUT2D eigenvalue weighted by Gasteiger charge is 2.24. The van der Waals surface area contributed by atoms with Crippen LogP contribution >= 0.6 is 0 Å². The quantitative estimate of drug-likeness (QED) is 0.670. The fourth-order valence-corrected chi connectivity index (χ4v) is 2.69. The van der Waals surface area contributed by atoms with E-state index in [9.17, 15) is 13.2 Å². The average Bonchev–Trinajstić information content (AvgIpc) is 2.36. The number of hydrogen-bond acceptors (Lipinski definition) is 3. The molecule has 0 bridgehead atoms. The summed E-state index contributed by atoms with van der Waals surface area (Å²) in [7, 11) is -3.85. The van der Waals surface area contributed by atoms with Crippen LogP contribution in [0.15, 0.2) is 30.3 Å². The van der Waals surface area contributed by atoms with Crippen molar-refractivity contribution >= 4 is 16.2 Å². The summed E-state index contributed by atoms with van der Waals surface area (Å²) in [5.41, 5.74) is 0.800. The Hall–Kier alpha value is -1.44. The molecular formula is C13H20N2O4S. The van der Waals surface area contributed by atoms with E-state index in [0.717, 1.165) is 5.56 Å². The number of carboxylic acids is 1. The van der Waals surface area contributed by atoms with Crippen LogP contribution in [0.5, 0.6) is 0 Å². The second kappa shape index (κ2) is 7.37. The Bertz CT molecular complexity index is 529. The maximum Gasteiger partial charge on any atom is 0.321 e. The summed E-state index contributed by atoms with van der Waals surface area (Å²) in [5.74, 6) is -1.10. The van der Waals surface area contributed by atoms with Crippen LogP contribution in [0.2, 0.25) is 0 Å². The number of carbonyl (C=O) groups is 1. The van der Waals surface area contributed by atoms with Crippen molar-refractivity contribution in [2.45, 2.75) is 32.9 Å². The lowest BCUT2D eigenvalue weighted by atomic mass is 10.1. The third-order valence-corrected chi connectivity index (χ3v) is 3.73. The standard InChI is InChI=1S/C13H20N2O4S/c1-10(2)8-12(13(16)17)15-20(18,19)14-9-11-6-4-3-5-7-11/h3-7,10,12,14-15H,8-9H2,1-2H3,(H,16,17). The van der Waals surface area contributed by atoms with E-state index >= 15 is 0 Å². The first-order chi connectivity index (χ1) is 9.30. The number of hydrogen-bond donors (Lipinski definition) is 3. The first-order valence-corrected chi connectivity index (χ1v) is 7.82. The summed E-state index contributed by atoms with van der Waals surface area (Å²) in [4.78, 5) is 11.0. The molecule has 0 aliphatic carbocycles. The van der Waals surface area contributed by atoms with E-state index in [-0.39, 0.29) is 18.9 Å². The largest absolute Gasteiger partial charge is 0.480 e. The SMILES string of the molecule is CC(C)CC(NS(=O)(=O)NCc1ccccc1)C(=O)O. The average molecular weight is 300 g/mol. The van der Waals surface area contributed by atoms with Gasteiger partial charge in [0.1, 0.15) is 6.04 Å². The van der Waals surface area contributed by atoms with Gasteiger partial charge >= 0.3 is 5.97 Å². The molecule has 1 atom stereocenters. The maximum atomic E-state index is 11.8. The predicted octanol–water partition coefficient (Wildman–Crippen LogP) is 1.11. The Balaban J connectivity index is 2.61. The zero-order valence-corrected chi connectivity index (χ0v) is 12.4. The second-order valence-electron chi connectivity index (χ2n) is 4.95. The van der Waals surface area contributed by atoms with E-state index in [2.05, 4.69) is 9.44 Å². The molecule has 1 rings (SSSR count). The molecule has 3 N–H and O–H groups in total. The lowest BCUT2D eigenvalue weighted by Crippen LogP contribution is -2.46. The van der Waals surface area contributed by atoms with E-state index in [1.807, 2.05) is 19.9 Å². The number of aliphatic carboxylic acids is 1. The summed E-state index contributed by atoms with van der Waals surface area (Å²) < 4.78 is 28.1. The zero-order chi connectivity index (χ0) is 15.2. The highest BCUT2D eigenvalue weighted by atomic mass is 32.2. The Morgan fingerprint density at radius 2 is 1.85 bits per heavy atom. The number of nitrogens with one attached hydrogen (secondary N) is 2. The van der Waals surface area contributed by atoms with E-state index in [1.54, 1.807) is 24.3 Å². The normalized spacial score (nSPS) is 13.3. The van der Waals surface area contributed by atoms with Gasteiger partial charge in [0, 0.05) is 6.54 Å². The highest BCUT2D eigenvalue weighted by molar-refractivity contribution is 7.87. The van der Waals surface area contributed by atoms with E-state index in [1.165, 1.54) is 0 Å². The molecule has 0 heterocycles. The molecule has 0 amide bonds. The number of rotatable bonds is 8. The van der Waals surface area contributed by atoms with Gasteiger partial charge in [-0.1, -0.05) is 44.2 Å². The molecule has 20 heavy (non-hydrogen) atoms. The summed E-state index contributed by atoms with van der Waals surface area (Å²) in [6.45, 7) is 3.79. The van der Waals surface area contributed by atoms with Crippen molar-refractivity contribution in [3.8, 4) is 0 Å². The van der Waals surface area contributed by atoms with Gasteiger partial charge in [-0.2, -0.15) is 17.9 Å². The van der Waals surface area contributed by atoms with Gasteiger partial charge in [-0.3, -0.25) is 4.79 Å². The van der Waals surface area contributed by atoms with Crippen LogP contribution in [-0.2, 0) is 21.5 Å². The van der Waals surface area contributed by atoms with Gasteiger partial charge in [-0.15, -0.1) is 0 Å². The molecule has 1 aromatic rings. The fraction of sp³-hybridized carbons (Fsp3) is 0.462. The molecule has 0 aliphatic rings. The van der Waals surface area contributed by atoms with Crippen LogP contribution in [0.4, 0.5) is 0 Å². The first kappa shape index (κ1) is 16.6. The Morgan fingerprint density at radius 1 is 1.25 bits per heavy atom. The third kappa shape index (κ3) is 6.14. The maximum absolute atomic E-state index is 11.8. The van der Waals surface area contributed by atoms with Crippen LogP contribution in [0, 0.1) is 5.92 Å². The summed E-state index contributed by atoms with van der Waals surface area (Å²) in [6, 6.07) is 7.88. The molecule has 112 valence electrons. The minimum absolute atomic E-state index is 0.0768. The molecule has 0 aromatic heterocycles. The first-order valence-electron chi connectivity index (χ1n) is 6.34. The van der Waals surface area contributed by atoms with Crippen LogP contribution in [0.25, 0.3) is 0 Å². The Morgan fingerprint density at radius 3 is 2.35 bits per heavy atom. The van der Waals surface area contributed by atoms with E-state index in [4.69, 9.17) is 5.11 Å². The van der Waals surface area contributed by atoms with Crippen molar-refractivity contribution in [1.82, 2.24) is 9.44 Å². The molecule has 6 nitrogen and oxygen atoms in total. The smallest absolute Gasteiger partial charge is 0.321 e. The van der Waals surface area contributed by atoms with Crippen LogP contribution in [-0.4, -0.2) is 25.5 Å². The summed E-state index contributed by atoms with van der Waals surface area (Å²) in [6.07, 6.45) is 0.238. The minimum Gasteiger partial charge on any atom is -0.480 e. The second-order valence-corrected chi connectivity index (χ2v) is 6.48. The van der Waals surface area contributed by atoms with Crippen molar-refractivity contribution in [3.63, 3.8) is 0 Å². The molecular weight excluding hydrogens is 280 g/mol. The summed E-state index contributed by atoms with van der Waals surface area (Å²) in [5, 5.41) is 9.02. The number of carboxylic acid groups (broad SMARTS) is 1. The van der Waals surface area contributed by atoms with Crippen molar-refractivity contribution in [2.24, 2.45) is 5.92 Å². The van der Waals surface area contributed by atoms with E-state index in [0.29, 0.717) is 0 Å². The van der Waals surface area contributed by atoms with E-state index < -0.39 is 22.2 Å². The van der Waals surface area contributed by atoms with Gasteiger partial charge in [-0.25, -0.2) is 0 Å². The highest BCUT2D eigenvalue weighted by Crippen LogP contribution is 2.06. The Labute approximate surface area is 119 Å². The molecule has 0 spiro atoms. The molecule has 0 saturated heterocycles. The zero-order valence-electron chi connectivity index (χ0n) is 11.5. The lowest BCUT2D eigenvalue weighted by molar-refractivity contribution is -0.139. The minimum atomic E-state index is -3.85. The predicted molar refractivity (Wildman–Crippen MR) is 76.2 cm³/mol. The van der Waals surface area contributed by atoms with Crippen LogP contribution in [0.3, 0.4) is 0 Å².